The first-order chi connectivity index (χ1) is 13.9. The molecule has 29 heavy (non-hydrogen) atoms. The van der Waals surface area contributed by atoms with Crippen molar-refractivity contribution in [2.75, 3.05) is 6.54 Å². The van der Waals surface area contributed by atoms with Crippen LogP contribution < -0.4 is 14.8 Å². The van der Waals surface area contributed by atoms with Gasteiger partial charge in [0.25, 0.3) is 0 Å². The predicted octanol–water partition coefficient (Wildman–Crippen LogP) is 3.76. The van der Waals surface area contributed by atoms with Crippen LogP contribution in [0, 0.1) is 0 Å². The molecular weight excluding hydrogens is 456 g/mol. The molecule has 156 valence electrons. The minimum Gasteiger partial charge on any atom is -0.490 e. The van der Waals surface area contributed by atoms with Crippen molar-refractivity contribution in [2.24, 2.45) is 0 Å². The summed E-state index contributed by atoms with van der Waals surface area (Å²) in [4.78, 5) is 12.3. The van der Waals surface area contributed by atoms with Crippen molar-refractivity contribution in [1.29, 1.82) is 0 Å². The molecular formula is C21H25BrN2O4S. The van der Waals surface area contributed by atoms with E-state index in [1.54, 1.807) is 12.1 Å². The number of sulfonamides is 1. The van der Waals surface area contributed by atoms with E-state index in [-0.39, 0.29) is 29.9 Å². The molecule has 0 bridgehead atoms. The fourth-order valence-electron chi connectivity index (χ4n) is 3.25. The Balaban J connectivity index is 1.47. The number of ether oxygens (including phenoxy) is 1. The van der Waals surface area contributed by atoms with Gasteiger partial charge in [-0.3, -0.25) is 4.79 Å². The van der Waals surface area contributed by atoms with Crippen LogP contribution in [0.4, 0.5) is 0 Å². The number of nitrogens with one attached hydrogen (secondary N) is 2. The number of amides is 1. The van der Waals surface area contributed by atoms with E-state index in [1.807, 2.05) is 24.3 Å². The Bertz CT molecular complexity index is 943. The smallest absolute Gasteiger partial charge is 0.240 e. The molecule has 0 aromatic heterocycles. The second-order valence-electron chi connectivity index (χ2n) is 7.01. The highest BCUT2D eigenvalue weighted by molar-refractivity contribution is 9.10. The number of para-hydroxylation sites is 1. The summed E-state index contributed by atoms with van der Waals surface area (Å²) in [5.74, 6) is 0.577. The fourth-order valence-corrected chi connectivity index (χ4v) is 4.88. The maximum atomic E-state index is 12.3. The maximum absolute atomic E-state index is 12.3. The number of carbonyl (C=O) groups is 1. The van der Waals surface area contributed by atoms with Gasteiger partial charge in [-0.05, 0) is 49.9 Å². The zero-order valence-electron chi connectivity index (χ0n) is 16.1. The van der Waals surface area contributed by atoms with E-state index in [1.165, 1.54) is 25.0 Å². The molecule has 1 aliphatic rings. The lowest BCUT2D eigenvalue weighted by Crippen LogP contribution is -2.30. The van der Waals surface area contributed by atoms with Gasteiger partial charge in [-0.25, -0.2) is 13.1 Å². The van der Waals surface area contributed by atoms with Gasteiger partial charge in [-0.15, -0.1) is 0 Å². The van der Waals surface area contributed by atoms with E-state index >= 15 is 0 Å². The van der Waals surface area contributed by atoms with E-state index < -0.39 is 10.0 Å². The Hall–Kier alpha value is -1.90. The van der Waals surface area contributed by atoms with Gasteiger partial charge in [0.1, 0.15) is 5.75 Å². The fraction of sp³-hybridized carbons (Fsp3) is 0.381. The second-order valence-corrected chi connectivity index (χ2v) is 9.70. The van der Waals surface area contributed by atoms with Gasteiger partial charge in [0, 0.05) is 29.5 Å². The molecule has 1 fully saturated rings. The third kappa shape index (κ3) is 6.55. The van der Waals surface area contributed by atoms with Crippen LogP contribution in [-0.4, -0.2) is 27.0 Å². The summed E-state index contributed by atoms with van der Waals surface area (Å²) in [7, 11) is -3.65. The zero-order chi connectivity index (χ0) is 20.7. The van der Waals surface area contributed by atoms with Gasteiger partial charge < -0.3 is 10.1 Å². The molecule has 2 aromatic rings. The molecule has 0 heterocycles. The number of halogens is 1. The summed E-state index contributed by atoms with van der Waals surface area (Å²) in [6, 6.07) is 14.1. The summed E-state index contributed by atoms with van der Waals surface area (Å²) in [6.07, 6.45) is 4.83. The lowest BCUT2D eigenvalue weighted by molar-refractivity contribution is -0.121. The Morgan fingerprint density at radius 2 is 1.86 bits per heavy atom. The average molecular weight is 481 g/mol. The Kier molecular flexibility index (Phi) is 7.69. The van der Waals surface area contributed by atoms with E-state index in [4.69, 9.17) is 4.74 Å². The Morgan fingerprint density at radius 3 is 2.62 bits per heavy atom. The molecule has 0 unspecified atom stereocenters. The number of carbonyl (C=O) groups excluding carboxylic acids is 1. The molecule has 1 amide bonds. The van der Waals surface area contributed by atoms with Gasteiger partial charge in [0.05, 0.1) is 11.0 Å². The van der Waals surface area contributed by atoms with Crippen LogP contribution in [0.25, 0.3) is 0 Å². The summed E-state index contributed by atoms with van der Waals surface area (Å²) in [5.41, 5.74) is 0.919. The van der Waals surface area contributed by atoms with Crippen molar-refractivity contribution in [1.82, 2.24) is 10.0 Å². The van der Waals surface area contributed by atoms with Crippen molar-refractivity contribution < 1.29 is 17.9 Å². The highest BCUT2D eigenvalue weighted by Crippen LogP contribution is 2.26. The summed E-state index contributed by atoms with van der Waals surface area (Å²) < 4.78 is 33.8. The molecule has 3 rings (SSSR count). The molecule has 0 spiro atoms. The molecule has 6 nitrogen and oxygen atoms in total. The largest absolute Gasteiger partial charge is 0.490 e. The van der Waals surface area contributed by atoms with Crippen LogP contribution in [0.3, 0.4) is 0 Å². The predicted molar refractivity (Wildman–Crippen MR) is 115 cm³/mol. The van der Waals surface area contributed by atoms with Gasteiger partial charge in [0.2, 0.25) is 15.9 Å². The number of benzene rings is 2. The second kappa shape index (κ2) is 10.2. The van der Waals surface area contributed by atoms with Crippen LogP contribution in [0.15, 0.2) is 57.9 Å². The quantitative estimate of drug-likeness (QED) is 0.572. The highest BCUT2D eigenvalue weighted by atomic mass is 79.9. The van der Waals surface area contributed by atoms with Gasteiger partial charge >= 0.3 is 0 Å². The first-order valence-electron chi connectivity index (χ1n) is 9.70. The van der Waals surface area contributed by atoms with Crippen LogP contribution in [0.2, 0.25) is 0 Å². The van der Waals surface area contributed by atoms with Gasteiger partial charge in [-0.2, -0.15) is 0 Å². The van der Waals surface area contributed by atoms with Crippen molar-refractivity contribution in [3.8, 4) is 5.75 Å². The number of hydrogen-bond donors (Lipinski definition) is 2. The minimum absolute atomic E-state index is 0.0287. The summed E-state index contributed by atoms with van der Waals surface area (Å²) in [6.45, 7) is 0.376. The minimum atomic E-state index is -3.65. The first-order valence-corrected chi connectivity index (χ1v) is 12.0. The van der Waals surface area contributed by atoms with Crippen LogP contribution in [0.5, 0.6) is 5.75 Å². The molecule has 2 aromatic carbocycles. The average Bonchev–Trinajstić information content (AvgIpc) is 3.20. The highest BCUT2D eigenvalue weighted by Gasteiger charge is 2.18. The molecule has 0 radical (unpaired) electrons. The van der Waals surface area contributed by atoms with Crippen molar-refractivity contribution in [3.05, 3.63) is 58.6 Å². The van der Waals surface area contributed by atoms with E-state index in [0.29, 0.717) is 11.0 Å². The molecule has 0 saturated heterocycles. The molecule has 1 saturated carbocycles. The third-order valence-corrected chi connectivity index (χ3v) is 6.75. The van der Waals surface area contributed by atoms with Crippen molar-refractivity contribution >= 4 is 31.9 Å². The number of hydrogen-bond acceptors (Lipinski definition) is 4. The standard InChI is InChI=1S/C21H25BrN2O4S/c22-17-7-5-10-19(14-17)29(26,27)24-13-12-21(25)23-15-16-6-1-4-11-20(16)28-18-8-2-3-9-18/h1,4-7,10-11,14,18,24H,2-3,8-9,12-13,15H2,(H,23,25). The Labute approximate surface area is 180 Å². The van der Waals surface area contributed by atoms with E-state index in [9.17, 15) is 13.2 Å². The normalized spacial score (nSPS) is 14.7. The third-order valence-electron chi connectivity index (χ3n) is 4.79. The molecule has 0 aliphatic heterocycles. The van der Waals surface area contributed by atoms with E-state index in [2.05, 4.69) is 26.0 Å². The van der Waals surface area contributed by atoms with E-state index in [0.717, 1.165) is 24.2 Å². The first kappa shape index (κ1) is 21.8. The van der Waals surface area contributed by atoms with Gasteiger partial charge in [0.15, 0.2) is 0 Å². The lowest BCUT2D eigenvalue weighted by Gasteiger charge is -2.16. The van der Waals surface area contributed by atoms with Gasteiger partial charge in [-0.1, -0.05) is 40.2 Å². The molecule has 1 aliphatic carbocycles. The van der Waals surface area contributed by atoms with Crippen LogP contribution in [0.1, 0.15) is 37.7 Å². The number of rotatable bonds is 9. The topological polar surface area (TPSA) is 84.5 Å². The molecule has 2 N–H and O–H groups in total. The van der Waals surface area contributed by atoms with Crippen molar-refractivity contribution in [2.45, 2.75) is 49.6 Å². The zero-order valence-corrected chi connectivity index (χ0v) is 18.5. The maximum Gasteiger partial charge on any atom is 0.240 e. The van der Waals surface area contributed by atoms with Crippen molar-refractivity contribution in [3.63, 3.8) is 0 Å². The summed E-state index contributed by atoms with van der Waals surface area (Å²) >= 11 is 3.26. The molecule has 0 atom stereocenters. The summed E-state index contributed by atoms with van der Waals surface area (Å²) in [5, 5.41) is 2.84. The molecule has 8 heteroatoms. The SMILES string of the molecule is O=C(CCNS(=O)(=O)c1cccc(Br)c1)NCc1ccccc1OC1CCCC1. The van der Waals surface area contributed by atoms with Crippen LogP contribution >= 0.6 is 15.9 Å². The Morgan fingerprint density at radius 1 is 1.10 bits per heavy atom. The lowest BCUT2D eigenvalue weighted by atomic mass is 10.2. The van der Waals surface area contributed by atoms with Crippen LogP contribution in [-0.2, 0) is 21.4 Å². The monoisotopic (exact) mass is 480 g/mol.